The summed E-state index contributed by atoms with van der Waals surface area (Å²) in [5.41, 5.74) is 1.27. The van der Waals surface area contributed by atoms with E-state index in [-0.39, 0.29) is 28.8 Å². The van der Waals surface area contributed by atoms with Crippen molar-refractivity contribution in [2.24, 2.45) is 11.8 Å². The number of rotatable bonds is 4. The predicted octanol–water partition coefficient (Wildman–Crippen LogP) is 5.59. The van der Waals surface area contributed by atoms with Crippen LogP contribution in [0.5, 0.6) is 5.75 Å². The fraction of sp³-hybridized carbons (Fsp3) is 0.590. The van der Waals surface area contributed by atoms with Gasteiger partial charge >= 0.3 is 6.09 Å². The van der Waals surface area contributed by atoms with E-state index in [1.54, 1.807) is 18.2 Å². The van der Waals surface area contributed by atoms with Gasteiger partial charge < -0.3 is 29.3 Å². The molecular weight excluding hydrogens is 704 g/mol. The number of benzene rings is 2. The number of likely N-dealkylation sites (tertiary alicyclic amines) is 1. The molecule has 2 bridgehead atoms. The standard InChI is InChI=1S/C39H51ClN4O7S/c1-38(2)36(45)42-52(47,48)30-12-15-35-33(23-30)44(25-39(26-49-35)16-6-8-27-22-29(40)11-14-32(27)39)24-28-10-13-31(28)34(9-7-21-50-38)51-37(46)41-17-20-43-18-4-3-5-19-43/h7,9,11-12,14-15,22-23,28,31,34H,3-6,8,10,13,16-21,24-26H2,1-2H3,(H,41,46)(H,42,45)/t28-,31+,34-,39-/m0/s1. The molecule has 5 aliphatic rings. The first-order valence-electron chi connectivity index (χ1n) is 18.8. The average molecular weight is 755 g/mol. The maximum absolute atomic E-state index is 13.7. The Labute approximate surface area is 312 Å². The summed E-state index contributed by atoms with van der Waals surface area (Å²) in [5, 5.41) is 3.67. The molecule has 2 fully saturated rings. The van der Waals surface area contributed by atoms with E-state index in [0.29, 0.717) is 42.7 Å². The number of amides is 2. The van der Waals surface area contributed by atoms with Crippen LogP contribution in [0.25, 0.3) is 0 Å². The van der Waals surface area contributed by atoms with Crippen LogP contribution in [-0.4, -0.2) is 89.5 Å². The second kappa shape index (κ2) is 15.2. The smallest absolute Gasteiger partial charge is 0.407 e. The Balaban J connectivity index is 1.20. The molecule has 2 amide bonds. The zero-order valence-electron chi connectivity index (χ0n) is 30.2. The SMILES string of the molecule is CC1(C)OCC=C[C@H](OC(=O)NCCN2CCCCC2)[C@@H]2CC[C@H]2CN2C[C@@]3(CCCc4cc(Cl)ccc43)COc3ccc(cc32)S(=O)(=O)NC1=O. The lowest BCUT2D eigenvalue weighted by Gasteiger charge is -2.46. The lowest BCUT2D eigenvalue weighted by molar-refractivity contribution is -0.139. The number of carbonyl (C=O) groups excluding carboxylic acids is 2. The van der Waals surface area contributed by atoms with Gasteiger partial charge in [0.15, 0.2) is 0 Å². The Morgan fingerprint density at radius 1 is 1.10 bits per heavy atom. The van der Waals surface area contributed by atoms with E-state index in [1.807, 2.05) is 12.1 Å². The predicted molar refractivity (Wildman–Crippen MR) is 199 cm³/mol. The molecule has 7 rings (SSSR count). The second-order valence-electron chi connectivity index (χ2n) is 15.6. The van der Waals surface area contributed by atoms with Crippen LogP contribution in [0.2, 0.25) is 5.02 Å². The third-order valence-electron chi connectivity index (χ3n) is 11.7. The topological polar surface area (TPSA) is 127 Å². The minimum Gasteiger partial charge on any atom is -0.490 e. The summed E-state index contributed by atoms with van der Waals surface area (Å²) in [7, 11) is -4.24. The lowest BCUT2D eigenvalue weighted by atomic mass is 9.68. The zero-order valence-corrected chi connectivity index (χ0v) is 31.8. The first-order valence-corrected chi connectivity index (χ1v) is 20.6. The van der Waals surface area contributed by atoms with Crippen molar-refractivity contribution < 1.29 is 32.2 Å². The summed E-state index contributed by atoms with van der Waals surface area (Å²) >= 11 is 6.45. The Bertz CT molecular complexity index is 1800. The van der Waals surface area contributed by atoms with Crippen LogP contribution in [0, 0.1) is 11.8 Å². The molecule has 3 heterocycles. The molecule has 13 heteroatoms. The molecular formula is C39H51ClN4O7S. The molecule has 4 atom stereocenters. The summed E-state index contributed by atoms with van der Waals surface area (Å²) in [6, 6.07) is 10.9. The number of piperidine rings is 1. The monoisotopic (exact) mass is 754 g/mol. The third-order valence-corrected chi connectivity index (χ3v) is 13.3. The van der Waals surface area contributed by atoms with E-state index < -0.39 is 33.7 Å². The van der Waals surface area contributed by atoms with Crippen LogP contribution in [-0.2, 0) is 36.1 Å². The van der Waals surface area contributed by atoms with Crippen molar-refractivity contribution in [2.45, 2.75) is 87.2 Å². The van der Waals surface area contributed by atoms with Gasteiger partial charge in [-0.05, 0) is 125 Å². The third kappa shape index (κ3) is 7.95. The van der Waals surface area contributed by atoms with Gasteiger partial charge in [0.2, 0.25) is 0 Å². The number of aryl methyl sites for hydroxylation is 1. The fourth-order valence-electron chi connectivity index (χ4n) is 8.55. The molecule has 52 heavy (non-hydrogen) atoms. The molecule has 1 spiro atoms. The molecule has 2 aromatic rings. The highest BCUT2D eigenvalue weighted by molar-refractivity contribution is 7.90. The number of alkyl carbamates (subject to hydrolysis) is 1. The molecule has 3 aliphatic heterocycles. The van der Waals surface area contributed by atoms with E-state index in [4.69, 9.17) is 25.8 Å². The van der Waals surface area contributed by atoms with E-state index in [2.05, 4.69) is 32.0 Å². The Morgan fingerprint density at radius 2 is 1.92 bits per heavy atom. The van der Waals surface area contributed by atoms with Crippen molar-refractivity contribution in [1.29, 1.82) is 0 Å². The molecule has 0 radical (unpaired) electrons. The van der Waals surface area contributed by atoms with Crippen LogP contribution in [0.3, 0.4) is 0 Å². The minimum atomic E-state index is -4.24. The second-order valence-corrected chi connectivity index (χ2v) is 17.7. The molecule has 0 unspecified atom stereocenters. The van der Waals surface area contributed by atoms with Crippen molar-refractivity contribution in [2.75, 3.05) is 57.4 Å². The quantitative estimate of drug-likeness (QED) is 0.385. The van der Waals surface area contributed by atoms with Gasteiger partial charge in [0.05, 0.1) is 23.8 Å². The molecule has 1 saturated heterocycles. The Morgan fingerprint density at radius 3 is 2.71 bits per heavy atom. The molecule has 2 aromatic carbocycles. The van der Waals surface area contributed by atoms with E-state index in [1.165, 1.54) is 50.3 Å². The van der Waals surface area contributed by atoms with Gasteiger partial charge in [0, 0.05) is 42.5 Å². The van der Waals surface area contributed by atoms with Crippen LogP contribution in [0.1, 0.15) is 69.9 Å². The van der Waals surface area contributed by atoms with Gasteiger partial charge in [0.25, 0.3) is 15.9 Å². The van der Waals surface area contributed by atoms with Gasteiger partial charge in [-0.25, -0.2) is 17.9 Å². The number of hydrogen-bond donors (Lipinski definition) is 2. The van der Waals surface area contributed by atoms with Crippen LogP contribution >= 0.6 is 11.6 Å². The number of sulfonamides is 1. The molecule has 0 aromatic heterocycles. The number of nitrogens with zero attached hydrogens (tertiary/aromatic N) is 2. The van der Waals surface area contributed by atoms with Crippen molar-refractivity contribution in [1.82, 2.24) is 14.9 Å². The summed E-state index contributed by atoms with van der Waals surface area (Å²) in [5.74, 6) is -0.0179. The highest BCUT2D eigenvalue weighted by Gasteiger charge is 2.45. The number of carbonyl (C=O) groups is 2. The number of nitrogens with one attached hydrogen (secondary N) is 2. The van der Waals surface area contributed by atoms with Crippen LogP contribution < -0.4 is 19.7 Å². The van der Waals surface area contributed by atoms with Gasteiger partial charge in [-0.2, -0.15) is 0 Å². The number of halogens is 1. The van der Waals surface area contributed by atoms with E-state index >= 15 is 0 Å². The van der Waals surface area contributed by atoms with Crippen molar-refractivity contribution in [3.63, 3.8) is 0 Å². The average Bonchev–Trinajstić information content (AvgIpc) is 3.25. The maximum Gasteiger partial charge on any atom is 0.407 e. The lowest BCUT2D eigenvalue weighted by Crippen LogP contribution is -2.50. The first-order chi connectivity index (χ1) is 24.9. The molecule has 2 N–H and O–H groups in total. The normalized spacial score (nSPS) is 28.6. The van der Waals surface area contributed by atoms with Crippen molar-refractivity contribution >= 4 is 39.3 Å². The number of ether oxygens (including phenoxy) is 3. The molecule has 2 aliphatic carbocycles. The summed E-state index contributed by atoms with van der Waals surface area (Å²) in [4.78, 5) is 31.1. The fourth-order valence-corrected chi connectivity index (χ4v) is 9.86. The summed E-state index contributed by atoms with van der Waals surface area (Å²) in [6.45, 7) is 8.14. The van der Waals surface area contributed by atoms with Crippen molar-refractivity contribution in [3.05, 3.63) is 64.7 Å². The van der Waals surface area contributed by atoms with Crippen molar-refractivity contribution in [3.8, 4) is 5.75 Å². The Hall–Kier alpha value is -3.32. The Kier molecular flexibility index (Phi) is 10.8. The number of anilines is 1. The molecule has 11 nitrogen and oxygen atoms in total. The highest BCUT2D eigenvalue weighted by atomic mass is 35.5. The maximum atomic E-state index is 13.7. The van der Waals surface area contributed by atoms with Crippen LogP contribution in [0.15, 0.2) is 53.4 Å². The summed E-state index contributed by atoms with van der Waals surface area (Å²) in [6.07, 6.45) is 10.9. The van der Waals surface area contributed by atoms with Gasteiger partial charge in [-0.3, -0.25) is 4.79 Å². The largest absolute Gasteiger partial charge is 0.490 e. The van der Waals surface area contributed by atoms with Gasteiger partial charge in [-0.15, -0.1) is 0 Å². The first kappa shape index (κ1) is 37.0. The van der Waals surface area contributed by atoms with Gasteiger partial charge in [-0.1, -0.05) is 30.2 Å². The minimum absolute atomic E-state index is 0.0289. The highest BCUT2D eigenvalue weighted by Crippen LogP contribution is 2.47. The number of fused-ring (bicyclic) bond motifs is 4. The van der Waals surface area contributed by atoms with Gasteiger partial charge in [0.1, 0.15) is 17.5 Å². The van der Waals surface area contributed by atoms with E-state index in [0.717, 1.165) is 51.7 Å². The zero-order chi connectivity index (χ0) is 36.5. The molecule has 282 valence electrons. The number of hydrogen-bond acceptors (Lipinski definition) is 9. The van der Waals surface area contributed by atoms with Crippen LogP contribution in [0.4, 0.5) is 10.5 Å². The summed E-state index contributed by atoms with van der Waals surface area (Å²) < 4.78 is 48.2. The van der Waals surface area contributed by atoms with E-state index in [9.17, 15) is 18.0 Å². The molecule has 1 saturated carbocycles.